The second-order valence-corrected chi connectivity index (χ2v) is 6.52. The molecule has 0 N–H and O–H groups in total. The van der Waals surface area contributed by atoms with Crippen molar-refractivity contribution in [1.82, 2.24) is 14.7 Å². The fraction of sp³-hybridized carbons (Fsp3) is 0.273. The maximum atomic E-state index is 12.9. The van der Waals surface area contributed by atoms with E-state index in [4.69, 9.17) is 4.74 Å². The van der Waals surface area contributed by atoms with Crippen LogP contribution in [0, 0.1) is 0 Å². The standard InChI is InChI=1S/C22H25N3O2/c1-24(14-6-16-27-2)22(26)21-8-4-3-7-20(21)19-11-9-18(10-12-19)17-25-15-5-13-23-25/h3-5,7-13,15H,6,14,16-17H2,1-2H3. The van der Waals surface area contributed by atoms with Gasteiger partial charge in [-0.15, -0.1) is 0 Å². The highest BCUT2D eigenvalue weighted by molar-refractivity contribution is 6.00. The number of benzene rings is 2. The van der Waals surface area contributed by atoms with Crippen LogP contribution in [-0.4, -0.2) is 47.9 Å². The minimum absolute atomic E-state index is 0.0299. The predicted molar refractivity (Wildman–Crippen MR) is 107 cm³/mol. The van der Waals surface area contributed by atoms with Crippen LogP contribution in [0.3, 0.4) is 0 Å². The quantitative estimate of drug-likeness (QED) is 0.573. The van der Waals surface area contributed by atoms with Crippen molar-refractivity contribution in [3.05, 3.63) is 78.1 Å². The molecule has 0 radical (unpaired) electrons. The first-order valence-electron chi connectivity index (χ1n) is 9.09. The molecule has 5 heteroatoms. The minimum atomic E-state index is 0.0299. The Morgan fingerprint density at radius 3 is 2.59 bits per heavy atom. The lowest BCUT2D eigenvalue weighted by atomic mass is 9.98. The molecule has 27 heavy (non-hydrogen) atoms. The smallest absolute Gasteiger partial charge is 0.254 e. The Morgan fingerprint density at radius 1 is 1.11 bits per heavy atom. The molecule has 1 heterocycles. The zero-order valence-corrected chi connectivity index (χ0v) is 15.8. The number of rotatable bonds is 8. The molecule has 0 atom stereocenters. The van der Waals surface area contributed by atoms with Crippen LogP contribution in [-0.2, 0) is 11.3 Å². The Kier molecular flexibility index (Phi) is 6.39. The molecule has 2 aromatic carbocycles. The number of methoxy groups -OCH3 is 1. The summed E-state index contributed by atoms with van der Waals surface area (Å²) < 4.78 is 6.97. The van der Waals surface area contributed by atoms with Crippen LogP contribution in [0.25, 0.3) is 11.1 Å². The van der Waals surface area contributed by atoms with E-state index in [0.29, 0.717) is 13.2 Å². The van der Waals surface area contributed by atoms with Gasteiger partial charge in [-0.2, -0.15) is 5.10 Å². The van der Waals surface area contributed by atoms with E-state index in [1.807, 2.05) is 48.3 Å². The van der Waals surface area contributed by atoms with Crippen molar-refractivity contribution in [1.29, 1.82) is 0 Å². The SMILES string of the molecule is COCCCN(C)C(=O)c1ccccc1-c1ccc(Cn2cccn2)cc1. The molecule has 3 aromatic rings. The average Bonchev–Trinajstić information content (AvgIpc) is 3.21. The maximum Gasteiger partial charge on any atom is 0.254 e. The van der Waals surface area contributed by atoms with Crippen LogP contribution in [0.1, 0.15) is 22.3 Å². The van der Waals surface area contributed by atoms with Crippen LogP contribution in [0.2, 0.25) is 0 Å². The summed E-state index contributed by atoms with van der Waals surface area (Å²) in [5.41, 5.74) is 3.88. The van der Waals surface area contributed by atoms with E-state index in [0.717, 1.165) is 29.7 Å². The number of carbonyl (C=O) groups excluding carboxylic acids is 1. The van der Waals surface area contributed by atoms with Crippen LogP contribution in [0.5, 0.6) is 0 Å². The average molecular weight is 363 g/mol. The minimum Gasteiger partial charge on any atom is -0.385 e. The molecule has 1 aromatic heterocycles. The van der Waals surface area contributed by atoms with E-state index in [-0.39, 0.29) is 5.91 Å². The van der Waals surface area contributed by atoms with Gasteiger partial charge in [0.2, 0.25) is 0 Å². The van der Waals surface area contributed by atoms with Gasteiger partial charge in [0.05, 0.1) is 6.54 Å². The molecule has 0 saturated heterocycles. The molecule has 0 fully saturated rings. The van der Waals surface area contributed by atoms with Gasteiger partial charge in [0, 0.05) is 45.3 Å². The van der Waals surface area contributed by atoms with E-state index in [9.17, 15) is 4.79 Å². The number of ether oxygens (including phenoxy) is 1. The van der Waals surface area contributed by atoms with E-state index in [2.05, 4.69) is 29.4 Å². The van der Waals surface area contributed by atoms with Gasteiger partial charge in [-0.25, -0.2) is 0 Å². The van der Waals surface area contributed by atoms with Crippen molar-refractivity contribution in [2.45, 2.75) is 13.0 Å². The molecule has 1 amide bonds. The van der Waals surface area contributed by atoms with Crippen molar-refractivity contribution < 1.29 is 9.53 Å². The summed E-state index contributed by atoms with van der Waals surface area (Å²) in [5, 5.41) is 4.24. The number of aromatic nitrogens is 2. The van der Waals surface area contributed by atoms with E-state index in [1.165, 1.54) is 5.56 Å². The highest BCUT2D eigenvalue weighted by atomic mass is 16.5. The Hall–Kier alpha value is -2.92. The summed E-state index contributed by atoms with van der Waals surface area (Å²) in [7, 11) is 3.51. The first kappa shape index (κ1) is 18.9. The van der Waals surface area contributed by atoms with Gasteiger partial charge in [0.1, 0.15) is 0 Å². The van der Waals surface area contributed by atoms with E-state index >= 15 is 0 Å². The van der Waals surface area contributed by atoms with Gasteiger partial charge in [-0.1, -0.05) is 42.5 Å². The zero-order valence-electron chi connectivity index (χ0n) is 15.8. The van der Waals surface area contributed by atoms with Crippen molar-refractivity contribution in [3.8, 4) is 11.1 Å². The van der Waals surface area contributed by atoms with Gasteiger partial charge in [0.15, 0.2) is 0 Å². The third-order valence-electron chi connectivity index (χ3n) is 4.51. The monoisotopic (exact) mass is 363 g/mol. The molecule has 0 aliphatic carbocycles. The number of hydrogen-bond acceptors (Lipinski definition) is 3. The van der Waals surface area contributed by atoms with Crippen molar-refractivity contribution in [2.75, 3.05) is 27.3 Å². The molecule has 0 spiro atoms. The normalized spacial score (nSPS) is 10.7. The summed E-state index contributed by atoms with van der Waals surface area (Å²) in [5.74, 6) is 0.0299. The zero-order chi connectivity index (χ0) is 19.1. The Labute approximate surface area is 160 Å². The lowest BCUT2D eigenvalue weighted by molar-refractivity contribution is 0.0780. The molecule has 3 rings (SSSR count). The number of hydrogen-bond donors (Lipinski definition) is 0. The van der Waals surface area contributed by atoms with Gasteiger partial charge in [-0.05, 0) is 35.2 Å². The van der Waals surface area contributed by atoms with Crippen molar-refractivity contribution >= 4 is 5.91 Å². The number of carbonyl (C=O) groups is 1. The summed E-state index contributed by atoms with van der Waals surface area (Å²) in [6.07, 6.45) is 4.55. The third kappa shape index (κ3) is 4.83. The van der Waals surface area contributed by atoms with E-state index in [1.54, 1.807) is 18.2 Å². The fourth-order valence-corrected chi connectivity index (χ4v) is 3.05. The lowest BCUT2D eigenvalue weighted by Gasteiger charge is -2.19. The molecule has 0 aliphatic heterocycles. The third-order valence-corrected chi connectivity index (χ3v) is 4.51. The van der Waals surface area contributed by atoms with Crippen molar-refractivity contribution in [2.24, 2.45) is 0 Å². The summed E-state index contributed by atoms with van der Waals surface area (Å²) in [6.45, 7) is 2.05. The van der Waals surface area contributed by atoms with Crippen LogP contribution in [0.4, 0.5) is 0 Å². The van der Waals surface area contributed by atoms with Crippen molar-refractivity contribution in [3.63, 3.8) is 0 Å². The Balaban J connectivity index is 1.77. The Morgan fingerprint density at radius 2 is 1.89 bits per heavy atom. The number of amides is 1. The molecule has 0 aliphatic rings. The first-order chi connectivity index (χ1) is 13.2. The van der Waals surface area contributed by atoms with Gasteiger partial charge < -0.3 is 9.64 Å². The fourth-order valence-electron chi connectivity index (χ4n) is 3.05. The maximum absolute atomic E-state index is 12.9. The molecule has 0 bridgehead atoms. The highest BCUT2D eigenvalue weighted by Gasteiger charge is 2.16. The molecule has 5 nitrogen and oxygen atoms in total. The second kappa shape index (κ2) is 9.14. The highest BCUT2D eigenvalue weighted by Crippen LogP contribution is 2.25. The lowest BCUT2D eigenvalue weighted by Crippen LogP contribution is -2.28. The summed E-state index contributed by atoms with van der Waals surface area (Å²) in [4.78, 5) is 14.6. The number of nitrogens with zero attached hydrogens (tertiary/aromatic N) is 3. The topological polar surface area (TPSA) is 47.4 Å². The largest absolute Gasteiger partial charge is 0.385 e. The van der Waals surface area contributed by atoms with Crippen LogP contribution < -0.4 is 0 Å². The van der Waals surface area contributed by atoms with Gasteiger partial charge in [-0.3, -0.25) is 9.48 Å². The predicted octanol–water partition coefficient (Wildman–Crippen LogP) is 3.71. The van der Waals surface area contributed by atoms with Gasteiger partial charge >= 0.3 is 0 Å². The second-order valence-electron chi connectivity index (χ2n) is 6.52. The summed E-state index contributed by atoms with van der Waals surface area (Å²) >= 11 is 0. The Bertz CT molecular complexity index is 858. The molecule has 140 valence electrons. The molecule has 0 unspecified atom stereocenters. The van der Waals surface area contributed by atoms with E-state index < -0.39 is 0 Å². The summed E-state index contributed by atoms with van der Waals surface area (Å²) in [6, 6.07) is 18.0. The van der Waals surface area contributed by atoms with Crippen LogP contribution in [0.15, 0.2) is 67.0 Å². The van der Waals surface area contributed by atoms with Gasteiger partial charge in [0.25, 0.3) is 5.91 Å². The molecular formula is C22H25N3O2. The molecule has 0 saturated carbocycles. The molecular weight excluding hydrogens is 338 g/mol. The first-order valence-corrected chi connectivity index (χ1v) is 9.09. The van der Waals surface area contributed by atoms with Crippen LogP contribution >= 0.6 is 0 Å².